The second-order valence-corrected chi connectivity index (χ2v) is 8.44. The van der Waals surface area contributed by atoms with E-state index >= 15 is 0 Å². The van der Waals surface area contributed by atoms with Crippen molar-refractivity contribution in [3.05, 3.63) is 88.7 Å². The van der Waals surface area contributed by atoms with Crippen LogP contribution in [0, 0.1) is 12.7 Å². The molecule has 0 aliphatic heterocycles. The van der Waals surface area contributed by atoms with E-state index in [9.17, 15) is 14.0 Å². The van der Waals surface area contributed by atoms with Gasteiger partial charge in [-0.25, -0.2) is 4.39 Å². The largest absolute Gasteiger partial charge is 0.325 e. The van der Waals surface area contributed by atoms with Crippen molar-refractivity contribution in [1.29, 1.82) is 0 Å². The van der Waals surface area contributed by atoms with Gasteiger partial charge in [-0.2, -0.15) is 0 Å². The predicted octanol–water partition coefficient (Wildman–Crippen LogP) is 6.16. The monoisotopic (exact) mass is 442 g/mol. The van der Waals surface area contributed by atoms with Crippen LogP contribution in [0.15, 0.2) is 71.6 Å². The van der Waals surface area contributed by atoms with Crippen LogP contribution in [0.5, 0.6) is 0 Å². The van der Waals surface area contributed by atoms with E-state index < -0.39 is 11.7 Å². The van der Waals surface area contributed by atoms with Gasteiger partial charge in [-0.05, 0) is 67.9 Å². The first kappa shape index (κ1) is 21.9. The van der Waals surface area contributed by atoms with Crippen molar-refractivity contribution in [3.8, 4) is 0 Å². The Labute approximate surface area is 183 Å². The molecule has 0 fully saturated rings. The van der Waals surface area contributed by atoms with Crippen molar-refractivity contribution in [1.82, 2.24) is 0 Å². The quantitative estimate of drug-likeness (QED) is 0.449. The average molecular weight is 443 g/mol. The molecular weight excluding hydrogens is 423 g/mol. The molecule has 0 saturated carbocycles. The van der Waals surface area contributed by atoms with E-state index in [-0.39, 0.29) is 16.7 Å². The average Bonchev–Trinajstić information content (AvgIpc) is 2.73. The minimum atomic E-state index is -0.572. The van der Waals surface area contributed by atoms with E-state index in [4.69, 9.17) is 11.6 Å². The minimum Gasteiger partial charge on any atom is -0.325 e. The Morgan fingerprint density at radius 2 is 1.67 bits per heavy atom. The topological polar surface area (TPSA) is 58.2 Å². The van der Waals surface area contributed by atoms with Crippen LogP contribution in [0.2, 0.25) is 5.02 Å². The SMILES string of the molecule is Cc1c(Cl)cccc1NC(=O)C(C)Sc1ccc(NC(=O)c2ccccc2F)cc1. The van der Waals surface area contributed by atoms with Crippen LogP contribution in [0.4, 0.5) is 15.8 Å². The van der Waals surface area contributed by atoms with Gasteiger partial charge < -0.3 is 10.6 Å². The number of anilines is 2. The molecule has 0 spiro atoms. The van der Waals surface area contributed by atoms with Gasteiger partial charge in [0.1, 0.15) is 5.82 Å². The number of halogens is 2. The van der Waals surface area contributed by atoms with Crippen molar-refractivity contribution in [3.63, 3.8) is 0 Å². The molecule has 3 rings (SSSR count). The standard InChI is InChI=1S/C23H20ClFN2O2S/c1-14-19(24)7-5-9-21(14)27-22(28)15(2)30-17-12-10-16(11-13-17)26-23(29)18-6-3-4-8-20(18)25/h3-13,15H,1-2H3,(H,26,29)(H,27,28). The summed E-state index contributed by atoms with van der Waals surface area (Å²) in [7, 11) is 0. The molecule has 7 heteroatoms. The molecule has 1 atom stereocenters. The highest BCUT2D eigenvalue weighted by Gasteiger charge is 2.16. The lowest BCUT2D eigenvalue weighted by atomic mass is 10.2. The van der Waals surface area contributed by atoms with Crippen LogP contribution >= 0.6 is 23.4 Å². The predicted molar refractivity (Wildman–Crippen MR) is 121 cm³/mol. The first-order chi connectivity index (χ1) is 14.3. The van der Waals surface area contributed by atoms with Crippen LogP contribution in [0.3, 0.4) is 0 Å². The summed E-state index contributed by atoms with van der Waals surface area (Å²) in [5.41, 5.74) is 2.03. The van der Waals surface area contributed by atoms with Gasteiger partial charge in [0.2, 0.25) is 5.91 Å². The molecule has 0 bridgehead atoms. The minimum absolute atomic E-state index is 0.0162. The molecule has 0 aromatic heterocycles. The van der Waals surface area contributed by atoms with Crippen molar-refractivity contribution in [2.45, 2.75) is 24.0 Å². The maximum atomic E-state index is 13.7. The molecule has 154 valence electrons. The lowest BCUT2D eigenvalue weighted by Crippen LogP contribution is -2.22. The van der Waals surface area contributed by atoms with Gasteiger partial charge in [-0.15, -0.1) is 11.8 Å². The van der Waals surface area contributed by atoms with Gasteiger partial charge >= 0.3 is 0 Å². The van der Waals surface area contributed by atoms with Crippen molar-refractivity contribution in [2.24, 2.45) is 0 Å². The fourth-order valence-corrected chi connectivity index (χ4v) is 3.74. The first-order valence-electron chi connectivity index (χ1n) is 9.23. The lowest BCUT2D eigenvalue weighted by Gasteiger charge is -2.14. The number of carbonyl (C=O) groups is 2. The van der Waals surface area contributed by atoms with Crippen LogP contribution in [0.1, 0.15) is 22.8 Å². The van der Waals surface area contributed by atoms with E-state index in [0.717, 1.165) is 10.5 Å². The lowest BCUT2D eigenvalue weighted by molar-refractivity contribution is -0.115. The highest BCUT2D eigenvalue weighted by molar-refractivity contribution is 8.00. The number of carbonyl (C=O) groups excluding carboxylic acids is 2. The van der Waals surface area contributed by atoms with Gasteiger partial charge in [0.05, 0.1) is 10.8 Å². The Bertz CT molecular complexity index is 1070. The van der Waals surface area contributed by atoms with Crippen molar-refractivity contribution in [2.75, 3.05) is 10.6 Å². The molecular formula is C23H20ClFN2O2S. The maximum Gasteiger partial charge on any atom is 0.258 e. The fraction of sp³-hybridized carbons (Fsp3) is 0.130. The van der Waals surface area contributed by atoms with E-state index in [2.05, 4.69) is 10.6 Å². The molecule has 0 aliphatic carbocycles. The van der Waals surface area contributed by atoms with Crippen LogP contribution in [-0.2, 0) is 4.79 Å². The number of thioether (sulfide) groups is 1. The zero-order valence-corrected chi connectivity index (χ0v) is 18.0. The van der Waals surface area contributed by atoms with Crippen LogP contribution in [-0.4, -0.2) is 17.1 Å². The van der Waals surface area contributed by atoms with Gasteiger partial charge in [0.25, 0.3) is 5.91 Å². The molecule has 4 nitrogen and oxygen atoms in total. The molecule has 1 unspecified atom stereocenters. The maximum absolute atomic E-state index is 13.7. The Kier molecular flexibility index (Phi) is 7.13. The number of benzene rings is 3. The molecule has 3 aromatic carbocycles. The Hall–Kier alpha value is -2.83. The second kappa shape index (κ2) is 9.78. The van der Waals surface area contributed by atoms with Gasteiger partial charge in [0, 0.05) is 21.3 Å². The summed E-state index contributed by atoms with van der Waals surface area (Å²) in [6.45, 7) is 3.66. The summed E-state index contributed by atoms with van der Waals surface area (Å²) in [6.07, 6.45) is 0. The zero-order valence-electron chi connectivity index (χ0n) is 16.4. The Balaban J connectivity index is 1.59. The van der Waals surface area contributed by atoms with E-state index in [1.807, 2.05) is 19.9 Å². The summed E-state index contributed by atoms with van der Waals surface area (Å²) in [5, 5.41) is 5.81. The number of hydrogen-bond acceptors (Lipinski definition) is 3. The smallest absolute Gasteiger partial charge is 0.258 e. The highest BCUT2D eigenvalue weighted by Crippen LogP contribution is 2.27. The molecule has 30 heavy (non-hydrogen) atoms. The number of amides is 2. The first-order valence-corrected chi connectivity index (χ1v) is 10.5. The highest BCUT2D eigenvalue weighted by atomic mass is 35.5. The van der Waals surface area contributed by atoms with Gasteiger partial charge in [0.15, 0.2) is 0 Å². The summed E-state index contributed by atoms with van der Waals surface area (Å²) >= 11 is 7.49. The number of rotatable bonds is 6. The fourth-order valence-electron chi connectivity index (χ4n) is 2.70. The van der Waals surface area contributed by atoms with E-state index in [0.29, 0.717) is 16.4 Å². The summed E-state index contributed by atoms with van der Waals surface area (Å²) in [4.78, 5) is 25.6. The van der Waals surface area contributed by atoms with Crippen molar-refractivity contribution < 1.29 is 14.0 Å². The second-order valence-electron chi connectivity index (χ2n) is 6.62. The summed E-state index contributed by atoms with van der Waals surface area (Å²) < 4.78 is 13.7. The zero-order chi connectivity index (χ0) is 21.7. The van der Waals surface area contributed by atoms with E-state index in [1.165, 1.54) is 30.0 Å². The Morgan fingerprint density at radius 3 is 2.37 bits per heavy atom. The molecule has 2 N–H and O–H groups in total. The van der Waals surface area contributed by atoms with Crippen LogP contribution in [0.25, 0.3) is 0 Å². The van der Waals surface area contributed by atoms with Crippen LogP contribution < -0.4 is 10.6 Å². The third-order valence-corrected chi connectivity index (χ3v) is 5.96. The molecule has 0 aliphatic rings. The molecule has 0 heterocycles. The summed E-state index contributed by atoms with van der Waals surface area (Å²) in [6, 6.07) is 18.2. The normalized spacial score (nSPS) is 11.6. The number of nitrogens with one attached hydrogen (secondary N) is 2. The van der Waals surface area contributed by atoms with E-state index in [1.54, 1.807) is 42.5 Å². The molecule has 0 saturated heterocycles. The van der Waals surface area contributed by atoms with Gasteiger partial charge in [-0.1, -0.05) is 29.8 Å². The molecule has 0 radical (unpaired) electrons. The summed E-state index contributed by atoms with van der Waals surface area (Å²) in [5.74, 6) is -1.22. The third-order valence-electron chi connectivity index (χ3n) is 4.44. The molecule has 2 amide bonds. The third kappa shape index (κ3) is 5.40. The van der Waals surface area contributed by atoms with Gasteiger partial charge in [-0.3, -0.25) is 9.59 Å². The molecule has 3 aromatic rings. The Morgan fingerprint density at radius 1 is 0.967 bits per heavy atom. The number of hydrogen-bond donors (Lipinski definition) is 2. The van der Waals surface area contributed by atoms with Crippen molar-refractivity contribution >= 4 is 46.6 Å².